The highest BCUT2D eigenvalue weighted by Gasteiger charge is 2.32. The molecule has 0 unspecified atom stereocenters. The van der Waals surface area contributed by atoms with E-state index in [9.17, 15) is 9.18 Å². The van der Waals surface area contributed by atoms with Gasteiger partial charge < -0.3 is 15.4 Å². The van der Waals surface area contributed by atoms with E-state index in [0.717, 1.165) is 36.8 Å². The van der Waals surface area contributed by atoms with Crippen molar-refractivity contribution >= 4 is 6.03 Å². The molecule has 2 N–H and O–H groups in total. The third kappa shape index (κ3) is 3.18. The smallest absolute Gasteiger partial charge is 0.315 e. The number of fused-ring (bicyclic) bond motifs is 1. The van der Waals surface area contributed by atoms with Crippen LogP contribution in [0.1, 0.15) is 43.4 Å². The van der Waals surface area contributed by atoms with E-state index >= 15 is 0 Å². The van der Waals surface area contributed by atoms with Gasteiger partial charge in [0.25, 0.3) is 0 Å². The van der Waals surface area contributed by atoms with Gasteiger partial charge >= 0.3 is 6.03 Å². The fourth-order valence-electron chi connectivity index (χ4n) is 3.15. The molecule has 1 aliphatic carbocycles. The zero-order valence-corrected chi connectivity index (χ0v) is 12.2. The molecular weight excluding hydrogens is 271 g/mol. The SMILES string of the molecule is C[C@]1(NC(=O)N[C@H]2CCCc3ccc(F)cc32)CCOC1. The molecule has 0 spiro atoms. The van der Waals surface area contributed by atoms with Gasteiger partial charge in [-0.1, -0.05) is 6.07 Å². The molecule has 3 rings (SSSR count). The molecule has 1 fully saturated rings. The van der Waals surface area contributed by atoms with Crippen molar-refractivity contribution in [1.82, 2.24) is 10.6 Å². The summed E-state index contributed by atoms with van der Waals surface area (Å²) in [5.74, 6) is -0.251. The van der Waals surface area contributed by atoms with Gasteiger partial charge in [-0.3, -0.25) is 0 Å². The Bertz CT molecular complexity index is 541. The number of nitrogens with one attached hydrogen (secondary N) is 2. The van der Waals surface area contributed by atoms with E-state index in [1.54, 1.807) is 6.07 Å². The van der Waals surface area contributed by atoms with Crippen molar-refractivity contribution in [2.75, 3.05) is 13.2 Å². The summed E-state index contributed by atoms with van der Waals surface area (Å²) in [5.41, 5.74) is 1.73. The summed E-state index contributed by atoms with van der Waals surface area (Å²) in [4.78, 5) is 12.2. The van der Waals surface area contributed by atoms with Crippen molar-refractivity contribution < 1.29 is 13.9 Å². The van der Waals surface area contributed by atoms with Gasteiger partial charge in [0.15, 0.2) is 0 Å². The number of amides is 2. The maximum Gasteiger partial charge on any atom is 0.315 e. The number of urea groups is 1. The number of benzene rings is 1. The monoisotopic (exact) mass is 292 g/mol. The molecule has 2 atom stereocenters. The number of aryl methyl sites for hydroxylation is 1. The number of ether oxygens (including phenoxy) is 1. The van der Waals surface area contributed by atoms with Crippen LogP contribution in [-0.2, 0) is 11.2 Å². The highest BCUT2D eigenvalue weighted by Crippen LogP contribution is 2.30. The minimum Gasteiger partial charge on any atom is -0.379 e. The second-order valence-corrected chi connectivity index (χ2v) is 6.25. The van der Waals surface area contributed by atoms with Gasteiger partial charge in [-0.15, -0.1) is 0 Å². The van der Waals surface area contributed by atoms with Crippen LogP contribution in [0.15, 0.2) is 18.2 Å². The van der Waals surface area contributed by atoms with Crippen LogP contribution < -0.4 is 10.6 Å². The maximum atomic E-state index is 13.4. The quantitative estimate of drug-likeness (QED) is 0.880. The topological polar surface area (TPSA) is 50.4 Å². The normalized spacial score (nSPS) is 28.0. The van der Waals surface area contributed by atoms with Gasteiger partial charge in [-0.25, -0.2) is 9.18 Å². The summed E-state index contributed by atoms with van der Waals surface area (Å²) in [6.07, 6.45) is 3.61. The van der Waals surface area contributed by atoms with E-state index in [-0.39, 0.29) is 23.4 Å². The predicted molar refractivity (Wildman–Crippen MR) is 77.6 cm³/mol. The zero-order valence-electron chi connectivity index (χ0n) is 12.2. The van der Waals surface area contributed by atoms with Crippen molar-refractivity contribution in [1.29, 1.82) is 0 Å². The Morgan fingerprint density at radius 1 is 1.48 bits per heavy atom. The van der Waals surface area contributed by atoms with Crippen LogP contribution in [0.2, 0.25) is 0 Å². The summed E-state index contributed by atoms with van der Waals surface area (Å²) in [6, 6.07) is 4.53. The molecule has 1 aromatic rings. The van der Waals surface area contributed by atoms with Crippen LogP contribution in [0.4, 0.5) is 9.18 Å². The molecule has 1 heterocycles. The number of halogens is 1. The van der Waals surface area contributed by atoms with Crippen molar-refractivity contribution in [3.05, 3.63) is 35.1 Å². The lowest BCUT2D eigenvalue weighted by atomic mass is 9.87. The summed E-state index contributed by atoms with van der Waals surface area (Å²) in [6.45, 7) is 3.19. The Balaban J connectivity index is 1.68. The summed E-state index contributed by atoms with van der Waals surface area (Å²) in [5, 5.41) is 5.96. The standard InChI is InChI=1S/C16H21FN2O2/c1-16(7-8-21-10-16)19-15(20)18-14-4-2-3-11-5-6-12(17)9-13(11)14/h5-6,9,14H,2-4,7-8,10H2,1H3,(H2,18,19,20)/t14-,16-/m0/s1. The summed E-state index contributed by atoms with van der Waals surface area (Å²) < 4.78 is 18.8. The molecule has 21 heavy (non-hydrogen) atoms. The van der Waals surface area contributed by atoms with Gasteiger partial charge in [0, 0.05) is 6.61 Å². The lowest BCUT2D eigenvalue weighted by Gasteiger charge is -2.29. The van der Waals surface area contributed by atoms with Gasteiger partial charge in [-0.05, 0) is 55.9 Å². The van der Waals surface area contributed by atoms with Gasteiger partial charge in [0.2, 0.25) is 0 Å². The molecule has 0 radical (unpaired) electrons. The number of carbonyl (C=O) groups excluding carboxylic acids is 1. The molecule has 0 bridgehead atoms. The molecule has 4 nitrogen and oxygen atoms in total. The molecule has 114 valence electrons. The Kier molecular flexibility index (Phi) is 3.85. The van der Waals surface area contributed by atoms with Gasteiger partial charge in [-0.2, -0.15) is 0 Å². The lowest BCUT2D eigenvalue weighted by molar-refractivity contribution is 0.169. The number of carbonyl (C=O) groups is 1. The molecule has 1 aromatic carbocycles. The third-order valence-corrected chi connectivity index (χ3v) is 4.36. The van der Waals surface area contributed by atoms with Crippen molar-refractivity contribution in [2.45, 2.75) is 44.2 Å². The lowest BCUT2D eigenvalue weighted by Crippen LogP contribution is -2.51. The van der Waals surface area contributed by atoms with E-state index in [1.807, 2.05) is 13.0 Å². The van der Waals surface area contributed by atoms with Crippen LogP contribution >= 0.6 is 0 Å². The first kappa shape index (κ1) is 14.3. The summed E-state index contributed by atoms with van der Waals surface area (Å²) >= 11 is 0. The van der Waals surface area contributed by atoms with E-state index < -0.39 is 0 Å². The Labute approximate surface area is 124 Å². The Morgan fingerprint density at radius 2 is 2.33 bits per heavy atom. The van der Waals surface area contributed by atoms with Crippen LogP contribution in [0.25, 0.3) is 0 Å². The molecule has 0 saturated carbocycles. The van der Waals surface area contributed by atoms with E-state index in [1.165, 1.54) is 6.07 Å². The van der Waals surface area contributed by atoms with Crippen LogP contribution in [0.3, 0.4) is 0 Å². The Hall–Kier alpha value is -1.62. The number of rotatable bonds is 2. The molecule has 5 heteroatoms. The van der Waals surface area contributed by atoms with Gasteiger partial charge in [0.05, 0.1) is 18.2 Å². The second kappa shape index (κ2) is 5.64. The third-order valence-electron chi connectivity index (χ3n) is 4.36. The van der Waals surface area contributed by atoms with E-state index in [2.05, 4.69) is 10.6 Å². The second-order valence-electron chi connectivity index (χ2n) is 6.25. The highest BCUT2D eigenvalue weighted by atomic mass is 19.1. The van der Waals surface area contributed by atoms with Crippen molar-refractivity contribution in [3.63, 3.8) is 0 Å². The van der Waals surface area contributed by atoms with Gasteiger partial charge in [0.1, 0.15) is 5.82 Å². The van der Waals surface area contributed by atoms with Crippen LogP contribution in [0.5, 0.6) is 0 Å². The minimum absolute atomic E-state index is 0.115. The zero-order chi connectivity index (χ0) is 14.9. The first-order chi connectivity index (χ1) is 10.1. The molecular formula is C16H21FN2O2. The van der Waals surface area contributed by atoms with E-state index in [4.69, 9.17) is 4.74 Å². The fraction of sp³-hybridized carbons (Fsp3) is 0.562. The molecule has 1 saturated heterocycles. The number of hydrogen-bond acceptors (Lipinski definition) is 2. The fourth-order valence-corrected chi connectivity index (χ4v) is 3.15. The molecule has 2 amide bonds. The van der Waals surface area contributed by atoms with Crippen LogP contribution in [-0.4, -0.2) is 24.8 Å². The van der Waals surface area contributed by atoms with Crippen LogP contribution in [0, 0.1) is 5.82 Å². The first-order valence-electron chi connectivity index (χ1n) is 7.50. The maximum absolute atomic E-state index is 13.4. The largest absolute Gasteiger partial charge is 0.379 e. The molecule has 1 aliphatic heterocycles. The molecule has 0 aromatic heterocycles. The average Bonchev–Trinajstić information content (AvgIpc) is 2.85. The number of hydrogen-bond donors (Lipinski definition) is 2. The van der Waals surface area contributed by atoms with Crippen molar-refractivity contribution in [3.8, 4) is 0 Å². The minimum atomic E-state index is -0.302. The predicted octanol–water partition coefficient (Wildman–Crippen LogP) is 2.68. The van der Waals surface area contributed by atoms with E-state index in [0.29, 0.717) is 13.2 Å². The highest BCUT2D eigenvalue weighted by molar-refractivity contribution is 5.75. The van der Waals surface area contributed by atoms with Crippen molar-refractivity contribution in [2.24, 2.45) is 0 Å². The first-order valence-corrected chi connectivity index (χ1v) is 7.50. The Morgan fingerprint density at radius 3 is 3.10 bits per heavy atom. The summed E-state index contributed by atoms with van der Waals surface area (Å²) in [7, 11) is 0. The molecule has 2 aliphatic rings. The average molecular weight is 292 g/mol.